The van der Waals surface area contributed by atoms with Crippen molar-refractivity contribution in [2.75, 3.05) is 5.32 Å². The zero-order valence-electron chi connectivity index (χ0n) is 15.1. The smallest absolute Gasteiger partial charge is 0.267 e. The quantitative estimate of drug-likeness (QED) is 0.276. The van der Waals surface area contributed by atoms with Crippen molar-refractivity contribution in [2.45, 2.75) is 0 Å². The van der Waals surface area contributed by atoms with Gasteiger partial charge >= 0.3 is 0 Å². The van der Waals surface area contributed by atoms with E-state index < -0.39 is 0 Å². The molecule has 5 rings (SSSR count). The van der Waals surface area contributed by atoms with Gasteiger partial charge in [0, 0.05) is 20.7 Å². The predicted molar refractivity (Wildman–Crippen MR) is 130 cm³/mol. The topological polar surface area (TPSA) is 42.0 Å². The summed E-state index contributed by atoms with van der Waals surface area (Å²) in [6.07, 6.45) is 0. The molecule has 0 aliphatic heterocycles. The minimum Gasteiger partial charge on any atom is -0.320 e. The van der Waals surface area contributed by atoms with Crippen molar-refractivity contribution in [1.29, 1.82) is 0 Å². The van der Waals surface area contributed by atoms with E-state index >= 15 is 0 Å². The Hall–Kier alpha value is -2.15. The predicted octanol–water partition coefficient (Wildman–Crippen LogP) is 8.39. The van der Waals surface area contributed by atoms with Crippen molar-refractivity contribution in [3.8, 4) is 10.6 Å². The summed E-state index contributed by atoms with van der Waals surface area (Å²) in [6.45, 7) is 0. The van der Waals surface area contributed by atoms with Crippen LogP contribution in [-0.4, -0.2) is 10.9 Å². The van der Waals surface area contributed by atoms with Gasteiger partial charge in [0.2, 0.25) is 0 Å². The second-order valence-electron chi connectivity index (χ2n) is 6.52. The molecule has 8 heteroatoms. The molecule has 2 aromatic heterocycles. The molecule has 0 saturated carbocycles. The first-order valence-corrected chi connectivity index (χ1v) is 11.6. The van der Waals surface area contributed by atoms with Gasteiger partial charge in [-0.25, -0.2) is 4.98 Å². The Morgan fingerprint density at radius 2 is 1.73 bits per heavy atom. The monoisotopic (exact) mass is 488 g/mol. The third kappa shape index (κ3) is 3.57. The number of rotatable bonds is 3. The SMILES string of the molecule is O=C(Nc1cc(-c2nc3ccccc3s2)ccc1Cl)c1sc2cc(Cl)ccc2c1Cl. The maximum Gasteiger partial charge on any atom is 0.267 e. The maximum absolute atomic E-state index is 12.9. The Bertz CT molecular complexity index is 1410. The fourth-order valence-electron chi connectivity index (χ4n) is 3.11. The number of halogens is 3. The molecule has 0 aliphatic carbocycles. The van der Waals surface area contributed by atoms with E-state index in [0.717, 1.165) is 30.9 Å². The number of carbonyl (C=O) groups excluding carboxylic acids is 1. The Labute approximate surface area is 194 Å². The number of aromatic nitrogens is 1. The summed E-state index contributed by atoms with van der Waals surface area (Å²) < 4.78 is 1.95. The Kier molecular flexibility index (Phi) is 5.17. The largest absolute Gasteiger partial charge is 0.320 e. The summed E-state index contributed by atoms with van der Waals surface area (Å²) >= 11 is 21.7. The van der Waals surface area contributed by atoms with Crippen molar-refractivity contribution in [3.05, 3.63) is 80.6 Å². The summed E-state index contributed by atoms with van der Waals surface area (Å²) in [5.74, 6) is -0.319. The summed E-state index contributed by atoms with van der Waals surface area (Å²) in [5.41, 5.74) is 2.32. The first-order chi connectivity index (χ1) is 14.5. The van der Waals surface area contributed by atoms with Gasteiger partial charge in [-0.3, -0.25) is 4.79 Å². The molecular formula is C22H11Cl3N2OS2. The third-order valence-corrected chi connectivity index (χ3v) is 7.86. The van der Waals surface area contributed by atoms with Crippen LogP contribution in [0.15, 0.2) is 60.7 Å². The average molecular weight is 490 g/mol. The normalized spacial score (nSPS) is 11.3. The van der Waals surface area contributed by atoms with Gasteiger partial charge in [-0.2, -0.15) is 0 Å². The lowest BCUT2D eigenvalue weighted by Gasteiger charge is -2.08. The number of hydrogen-bond acceptors (Lipinski definition) is 4. The highest BCUT2D eigenvalue weighted by Gasteiger charge is 2.19. The van der Waals surface area contributed by atoms with E-state index in [2.05, 4.69) is 10.3 Å². The van der Waals surface area contributed by atoms with Crippen molar-refractivity contribution in [3.63, 3.8) is 0 Å². The molecule has 0 unspecified atom stereocenters. The lowest BCUT2D eigenvalue weighted by molar-refractivity contribution is 0.103. The van der Waals surface area contributed by atoms with Gasteiger partial charge < -0.3 is 5.32 Å². The zero-order chi connectivity index (χ0) is 20.8. The lowest BCUT2D eigenvalue weighted by atomic mass is 10.2. The molecule has 0 bridgehead atoms. The summed E-state index contributed by atoms with van der Waals surface area (Å²) in [4.78, 5) is 18.0. The Morgan fingerprint density at radius 1 is 0.900 bits per heavy atom. The number of anilines is 1. The molecule has 148 valence electrons. The number of thiophene rings is 1. The molecule has 3 nitrogen and oxygen atoms in total. The van der Waals surface area contributed by atoms with Crippen LogP contribution in [0.3, 0.4) is 0 Å². The number of nitrogens with one attached hydrogen (secondary N) is 1. The molecule has 0 atom stereocenters. The molecule has 1 N–H and O–H groups in total. The van der Waals surface area contributed by atoms with Crippen molar-refractivity contribution < 1.29 is 4.79 Å². The van der Waals surface area contributed by atoms with Crippen molar-refractivity contribution in [2.24, 2.45) is 0 Å². The molecule has 0 saturated heterocycles. The molecule has 5 aromatic rings. The Morgan fingerprint density at radius 3 is 2.57 bits per heavy atom. The standard InChI is InChI=1S/C22H11Cl3N2OS2/c23-12-6-7-13-18(10-12)29-20(19(13)25)21(28)26-16-9-11(5-8-14(16)24)22-27-15-3-1-2-4-17(15)30-22/h1-10H,(H,26,28). The third-order valence-electron chi connectivity index (χ3n) is 4.55. The van der Waals surface area contributed by atoms with Crippen LogP contribution in [0, 0.1) is 0 Å². The van der Waals surface area contributed by atoms with Crippen LogP contribution >= 0.6 is 57.5 Å². The van der Waals surface area contributed by atoms with E-state index in [1.54, 1.807) is 29.5 Å². The molecule has 3 aromatic carbocycles. The number of amides is 1. The number of fused-ring (bicyclic) bond motifs is 2. The van der Waals surface area contributed by atoms with Crippen LogP contribution in [0.4, 0.5) is 5.69 Å². The second-order valence-corrected chi connectivity index (χ2v) is 9.83. The van der Waals surface area contributed by atoms with E-state index in [4.69, 9.17) is 34.8 Å². The molecule has 0 spiro atoms. The summed E-state index contributed by atoms with van der Waals surface area (Å²) in [5, 5.41) is 5.98. The highest BCUT2D eigenvalue weighted by Crippen LogP contribution is 2.38. The van der Waals surface area contributed by atoms with E-state index in [1.807, 2.05) is 42.5 Å². The van der Waals surface area contributed by atoms with Gasteiger partial charge in [-0.15, -0.1) is 22.7 Å². The number of nitrogens with zero attached hydrogens (tertiary/aromatic N) is 1. The summed E-state index contributed by atoms with van der Waals surface area (Å²) in [6, 6.07) is 18.8. The molecular weight excluding hydrogens is 479 g/mol. The van der Waals surface area contributed by atoms with Crippen LogP contribution < -0.4 is 5.32 Å². The van der Waals surface area contributed by atoms with E-state index in [0.29, 0.717) is 25.6 Å². The minimum absolute atomic E-state index is 0.319. The number of para-hydroxylation sites is 1. The number of hydrogen-bond donors (Lipinski definition) is 1. The molecule has 0 aliphatic rings. The van der Waals surface area contributed by atoms with Gasteiger partial charge in [0.05, 0.1) is 25.9 Å². The number of thiazole rings is 1. The van der Waals surface area contributed by atoms with Crippen molar-refractivity contribution in [1.82, 2.24) is 4.98 Å². The molecule has 30 heavy (non-hydrogen) atoms. The molecule has 0 radical (unpaired) electrons. The van der Waals surface area contributed by atoms with Gasteiger partial charge in [0.25, 0.3) is 5.91 Å². The second kappa shape index (κ2) is 7.84. The van der Waals surface area contributed by atoms with Gasteiger partial charge in [0.1, 0.15) is 9.88 Å². The van der Waals surface area contributed by atoms with Gasteiger partial charge in [0.15, 0.2) is 0 Å². The summed E-state index contributed by atoms with van der Waals surface area (Å²) in [7, 11) is 0. The van der Waals surface area contributed by atoms with Gasteiger partial charge in [-0.05, 0) is 36.4 Å². The first kappa shape index (κ1) is 19.8. The van der Waals surface area contributed by atoms with Crippen LogP contribution in [-0.2, 0) is 0 Å². The van der Waals surface area contributed by atoms with Crippen LogP contribution in [0.5, 0.6) is 0 Å². The highest BCUT2D eigenvalue weighted by molar-refractivity contribution is 7.22. The number of carbonyl (C=O) groups is 1. The molecule has 1 amide bonds. The van der Waals surface area contributed by atoms with Crippen molar-refractivity contribution >= 4 is 89.4 Å². The first-order valence-electron chi connectivity index (χ1n) is 8.84. The average Bonchev–Trinajstić information content (AvgIpc) is 3.30. The van der Waals surface area contributed by atoms with E-state index in [9.17, 15) is 4.79 Å². The fraction of sp³-hybridized carbons (Fsp3) is 0. The zero-order valence-corrected chi connectivity index (χ0v) is 19.0. The van der Waals surface area contributed by atoms with Crippen LogP contribution in [0.1, 0.15) is 9.67 Å². The van der Waals surface area contributed by atoms with Crippen LogP contribution in [0.2, 0.25) is 15.1 Å². The van der Waals surface area contributed by atoms with E-state index in [1.165, 1.54) is 11.3 Å². The lowest BCUT2D eigenvalue weighted by Crippen LogP contribution is -2.11. The molecule has 0 fully saturated rings. The van der Waals surface area contributed by atoms with Crippen LogP contribution in [0.25, 0.3) is 30.9 Å². The minimum atomic E-state index is -0.319. The maximum atomic E-state index is 12.9. The van der Waals surface area contributed by atoms with E-state index in [-0.39, 0.29) is 5.91 Å². The fourth-order valence-corrected chi connectivity index (χ4v) is 5.93. The highest BCUT2D eigenvalue weighted by atomic mass is 35.5. The number of benzene rings is 3. The van der Waals surface area contributed by atoms with Gasteiger partial charge in [-0.1, -0.05) is 59.1 Å². The Balaban J connectivity index is 1.49. The molecule has 2 heterocycles.